The van der Waals surface area contributed by atoms with Crippen molar-refractivity contribution in [3.05, 3.63) is 17.5 Å². The number of nitrogens with zero attached hydrogens (tertiary/aromatic N) is 4. The molecule has 86 valence electrons. The van der Waals surface area contributed by atoms with Gasteiger partial charge in [0.05, 0.1) is 31.5 Å². The zero-order chi connectivity index (χ0) is 11.8. The van der Waals surface area contributed by atoms with Crippen molar-refractivity contribution >= 4 is 17.4 Å². The van der Waals surface area contributed by atoms with Gasteiger partial charge in [0.2, 0.25) is 0 Å². The summed E-state index contributed by atoms with van der Waals surface area (Å²) in [5.41, 5.74) is 0. The number of ether oxygens (including phenoxy) is 1. The smallest absolute Gasteiger partial charge is 0.149 e. The molecule has 0 saturated carbocycles. The molecule has 0 radical (unpaired) electrons. The summed E-state index contributed by atoms with van der Waals surface area (Å²) in [7, 11) is 1.63. The standard InChI is InChI=1S/C10H13ClN4O/c1-16-6-5-15(4-2-3-12)10-8-13-7-9(11)14-10/h7-8H,2,4-6H2,1H3. The van der Waals surface area contributed by atoms with Gasteiger partial charge in [-0.15, -0.1) is 0 Å². The van der Waals surface area contributed by atoms with Gasteiger partial charge in [-0.1, -0.05) is 11.6 Å². The summed E-state index contributed by atoms with van der Waals surface area (Å²) in [6.45, 7) is 1.82. The van der Waals surface area contributed by atoms with Crippen molar-refractivity contribution in [2.75, 3.05) is 31.7 Å². The van der Waals surface area contributed by atoms with Crippen LogP contribution in [0.2, 0.25) is 5.15 Å². The van der Waals surface area contributed by atoms with Crippen LogP contribution in [0.25, 0.3) is 0 Å². The van der Waals surface area contributed by atoms with Gasteiger partial charge in [-0.2, -0.15) is 5.26 Å². The number of rotatable bonds is 6. The summed E-state index contributed by atoms with van der Waals surface area (Å²) >= 11 is 5.76. The van der Waals surface area contributed by atoms with Crippen LogP contribution in [0, 0.1) is 11.3 Å². The average Bonchev–Trinajstić information content (AvgIpc) is 2.29. The monoisotopic (exact) mass is 240 g/mol. The summed E-state index contributed by atoms with van der Waals surface area (Å²) in [5, 5.41) is 8.92. The van der Waals surface area contributed by atoms with Crippen LogP contribution in [0.4, 0.5) is 5.82 Å². The van der Waals surface area contributed by atoms with Crippen LogP contribution >= 0.6 is 11.6 Å². The maximum Gasteiger partial charge on any atom is 0.149 e. The fourth-order valence-electron chi connectivity index (χ4n) is 1.21. The van der Waals surface area contributed by atoms with Crippen LogP contribution in [-0.2, 0) is 4.74 Å². The summed E-state index contributed by atoms with van der Waals surface area (Å²) < 4.78 is 5.00. The lowest BCUT2D eigenvalue weighted by Crippen LogP contribution is -2.29. The molecule has 0 aromatic carbocycles. The second-order valence-electron chi connectivity index (χ2n) is 3.09. The molecule has 0 fully saturated rings. The summed E-state index contributed by atoms with van der Waals surface area (Å²) in [6, 6.07) is 2.10. The maximum absolute atomic E-state index is 8.57. The van der Waals surface area contributed by atoms with Gasteiger partial charge in [0.25, 0.3) is 0 Å². The molecule has 0 aliphatic heterocycles. The SMILES string of the molecule is COCCN(CCC#N)c1cncc(Cl)n1. The van der Waals surface area contributed by atoms with Gasteiger partial charge < -0.3 is 9.64 Å². The minimum absolute atomic E-state index is 0.344. The van der Waals surface area contributed by atoms with Crippen molar-refractivity contribution in [2.24, 2.45) is 0 Å². The van der Waals surface area contributed by atoms with Crippen LogP contribution in [0.5, 0.6) is 0 Å². The van der Waals surface area contributed by atoms with Gasteiger partial charge in [0.1, 0.15) is 11.0 Å². The molecule has 0 aliphatic carbocycles. The number of methoxy groups -OCH3 is 1. The molecule has 1 aromatic heterocycles. The highest BCUT2D eigenvalue weighted by atomic mass is 35.5. The number of hydrogen-bond donors (Lipinski definition) is 0. The molecule has 1 heterocycles. The van der Waals surface area contributed by atoms with Gasteiger partial charge in [0, 0.05) is 20.2 Å². The lowest BCUT2D eigenvalue weighted by Gasteiger charge is -2.21. The summed E-state index contributed by atoms with van der Waals surface area (Å²) in [4.78, 5) is 10.0. The molecular formula is C10H13ClN4O. The first-order valence-electron chi connectivity index (χ1n) is 4.86. The van der Waals surface area contributed by atoms with E-state index >= 15 is 0 Å². The topological polar surface area (TPSA) is 62.0 Å². The third kappa shape index (κ3) is 4.01. The fraction of sp³-hybridized carbons (Fsp3) is 0.500. The van der Waals surface area contributed by atoms with Crippen LogP contribution in [0.15, 0.2) is 12.4 Å². The van der Waals surface area contributed by atoms with Crippen LogP contribution in [0.3, 0.4) is 0 Å². The number of nitriles is 1. The van der Waals surface area contributed by atoms with E-state index in [0.29, 0.717) is 37.1 Å². The molecule has 6 heteroatoms. The lowest BCUT2D eigenvalue weighted by molar-refractivity contribution is 0.205. The van der Waals surface area contributed by atoms with Crippen molar-refractivity contribution in [1.29, 1.82) is 5.26 Å². The van der Waals surface area contributed by atoms with Gasteiger partial charge in [-0.3, -0.25) is 4.98 Å². The molecule has 0 unspecified atom stereocenters. The number of anilines is 1. The van der Waals surface area contributed by atoms with Gasteiger partial charge in [-0.05, 0) is 0 Å². The Bertz CT molecular complexity index is 366. The normalized spacial score (nSPS) is 9.81. The Hall–Kier alpha value is -1.38. The third-order valence-corrected chi connectivity index (χ3v) is 2.16. The highest BCUT2D eigenvalue weighted by Crippen LogP contribution is 2.12. The van der Waals surface area contributed by atoms with Crippen molar-refractivity contribution in [3.63, 3.8) is 0 Å². The van der Waals surface area contributed by atoms with Gasteiger partial charge in [-0.25, -0.2) is 4.98 Å². The Labute approximate surface area is 99.6 Å². The van der Waals surface area contributed by atoms with E-state index < -0.39 is 0 Å². The Balaban J connectivity index is 2.70. The molecule has 0 aliphatic rings. The van der Waals surface area contributed by atoms with E-state index in [1.165, 1.54) is 6.20 Å². The van der Waals surface area contributed by atoms with E-state index in [-0.39, 0.29) is 0 Å². The fourth-order valence-corrected chi connectivity index (χ4v) is 1.36. The number of aromatic nitrogens is 2. The minimum Gasteiger partial charge on any atom is -0.383 e. The Morgan fingerprint density at radius 3 is 2.94 bits per heavy atom. The first-order valence-corrected chi connectivity index (χ1v) is 5.24. The lowest BCUT2D eigenvalue weighted by atomic mass is 10.4. The minimum atomic E-state index is 0.344. The van der Waals surface area contributed by atoms with E-state index in [1.54, 1.807) is 13.3 Å². The number of halogens is 1. The molecular weight excluding hydrogens is 228 g/mol. The second-order valence-corrected chi connectivity index (χ2v) is 3.48. The summed E-state index contributed by atoms with van der Waals surface area (Å²) in [6.07, 6.45) is 3.53. The van der Waals surface area contributed by atoms with Gasteiger partial charge >= 0.3 is 0 Å². The Morgan fingerprint density at radius 2 is 2.31 bits per heavy atom. The number of hydrogen-bond acceptors (Lipinski definition) is 5. The maximum atomic E-state index is 8.57. The molecule has 0 bridgehead atoms. The molecule has 5 nitrogen and oxygen atoms in total. The quantitative estimate of drug-likeness (QED) is 0.754. The molecule has 16 heavy (non-hydrogen) atoms. The highest BCUT2D eigenvalue weighted by Gasteiger charge is 2.08. The zero-order valence-corrected chi connectivity index (χ0v) is 9.81. The van der Waals surface area contributed by atoms with Crippen molar-refractivity contribution in [1.82, 2.24) is 9.97 Å². The first-order chi connectivity index (χ1) is 7.77. The second kappa shape index (κ2) is 6.99. The largest absolute Gasteiger partial charge is 0.383 e. The van der Waals surface area contributed by atoms with E-state index in [4.69, 9.17) is 21.6 Å². The Morgan fingerprint density at radius 1 is 1.50 bits per heavy atom. The van der Waals surface area contributed by atoms with E-state index in [0.717, 1.165) is 0 Å². The predicted molar refractivity (Wildman–Crippen MR) is 61.4 cm³/mol. The van der Waals surface area contributed by atoms with Crippen molar-refractivity contribution in [3.8, 4) is 6.07 Å². The molecule has 1 rings (SSSR count). The van der Waals surface area contributed by atoms with Crippen LogP contribution in [-0.4, -0.2) is 36.8 Å². The van der Waals surface area contributed by atoms with Gasteiger partial charge in [0.15, 0.2) is 0 Å². The van der Waals surface area contributed by atoms with Crippen LogP contribution in [0.1, 0.15) is 6.42 Å². The zero-order valence-electron chi connectivity index (χ0n) is 9.06. The molecule has 1 aromatic rings. The third-order valence-electron chi connectivity index (χ3n) is 1.98. The molecule has 0 saturated heterocycles. The van der Waals surface area contributed by atoms with Crippen molar-refractivity contribution in [2.45, 2.75) is 6.42 Å². The summed E-state index contributed by atoms with van der Waals surface area (Å²) in [5.74, 6) is 0.666. The van der Waals surface area contributed by atoms with Crippen LogP contribution < -0.4 is 4.90 Å². The molecule has 0 N–H and O–H groups in total. The van der Waals surface area contributed by atoms with E-state index in [1.807, 2.05) is 4.90 Å². The Kier molecular flexibility index (Phi) is 5.54. The van der Waals surface area contributed by atoms with Crippen molar-refractivity contribution < 1.29 is 4.74 Å². The first kappa shape index (κ1) is 12.7. The molecule has 0 atom stereocenters. The highest BCUT2D eigenvalue weighted by molar-refractivity contribution is 6.29. The molecule has 0 spiro atoms. The van der Waals surface area contributed by atoms with E-state index in [2.05, 4.69) is 16.0 Å². The van der Waals surface area contributed by atoms with E-state index in [9.17, 15) is 0 Å². The predicted octanol–water partition coefficient (Wildman–Crippen LogP) is 1.50. The molecule has 0 amide bonds. The average molecular weight is 241 g/mol.